The van der Waals surface area contributed by atoms with Crippen molar-refractivity contribution in [2.75, 3.05) is 11.5 Å². The Labute approximate surface area is 104 Å². The minimum absolute atomic E-state index is 0.606. The SMILES string of the molecule is Nc1nc(-c2ccc(C=CCS)cc2)cs1. The third-order valence-corrected chi connectivity index (χ3v) is 3.03. The standard InChI is InChI=1S/C12H12N2S2/c13-12-14-11(8-16-12)10-5-3-9(4-6-10)2-1-7-15/h1-6,8,15H,7H2,(H2,13,14). The van der Waals surface area contributed by atoms with Crippen molar-refractivity contribution < 1.29 is 0 Å². The van der Waals surface area contributed by atoms with E-state index >= 15 is 0 Å². The van der Waals surface area contributed by atoms with Crippen LogP contribution in [0, 0.1) is 0 Å². The van der Waals surface area contributed by atoms with E-state index < -0.39 is 0 Å². The number of nitrogens with two attached hydrogens (primary N) is 1. The van der Waals surface area contributed by atoms with E-state index in [9.17, 15) is 0 Å². The molecule has 2 nitrogen and oxygen atoms in total. The summed E-state index contributed by atoms with van der Waals surface area (Å²) in [5, 5.41) is 2.57. The van der Waals surface area contributed by atoms with Crippen molar-refractivity contribution in [2.24, 2.45) is 0 Å². The second-order valence-corrected chi connectivity index (χ2v) is 4.53. The van der Waals surface area contributed by atoms with Crippen LogP contribution in [0.5, 0.6) is 0 Å². The minimum atomic E-state index is 0.606. The van der Waals surface area contributed by atoms with Gasteiger partial charge in [-0.1, -0.05) is 36.4 Å². The predicted molar refractivity (Wildman–Crippen MR) is 74.8 cm³/mol. The third-order valence-electron chi connectivity index (χ3n) is 2.14. The number of thiol groups is 1. The van der Waals surface area contributed by atoms with Gasteiger partial charge in [-0.3, -0.25) is 0 Å². The van der Waals surface area contributed by atoms with Crippen LogP contribution in [0.3, 0.4) is 0 Å². The van der Waals surface area contributed by atoms with Crippen LogP contribution in [0.25, 0.3) is 17.3 Å². The van der Waals surface area contributed by atoms with Crippen LogP contribution in [0.2, 0.25) is 0 Å². The van der Waals surface area contributed by atoms with Gasteiger partial charge in [0.1, 0.15) is 0 Å². The van der Waals surface area contributed by atoms with Gasteiger partial charge in [0.2, 0.25) is 0 Å². The zero-order chi connectivity index (χ0) is 11.4. The first-order valence-electron chi connectivity index (χ1n) is 4.88. The predicted octanol–water partition coefficient (Wildman–Crippen LogP) is 3.34. The van der Waals surface area contributed by atoms with Gasteiger partial charge < -0.3 is 5.73 Å². The van der Waals surface area contributed by atoms with Crippen LogP contribution in [0.4, 0.5) is 5.13 Å². The van der Waals surface area contributed by atoms with Gasteiger partial charge in [0.05, 0.1) is 5.69 Å². The maximum Gasteiger partial charge on any atom is 0.180 e. The number of nitrogens with zero attached hydrogens (tertiary/aromatic N) is 1. The molecule has 1 aromatic heterocycles. The van der Waals surface area contributed by atoms with E-state index in [0.717, 1.165) is 17.0 Å². The Kier molecular flexibility index (Phi) is 3.64. The largest absolute Gasteiger partial charge is 0.375 e. The molecular weight excluding hydrogens is 236 g/mol. The van der Waals surface area contributed by atoms with Crippen molar-refractivity contribution in [3.8, 4) is 11.3 Å². The van der Waals surface area contributed by atoms with Crippen LogP contribution in [-0.2, 0) is 0 Å². The van der Waals surface area contributed by atoms with E-state index in [-0.39, 0.29) is 0 Å². The fourth-order valence-corrected chi connectivity index (χ4v) is 2.05. The first-order chi connectivity index (χ1) is 7.79. The molecule has 0 atom stereocenters. The maximum atomic E-state index is 5.60. The molecule has 0 aliphatic heterocycles. The van der Waals surface area contributed by atoms with E-state index in [0.29, 0.717) is 5.13 Å². The molecule has 1 aromatic carbocycles. The number of anilines is 1. The summed E-state index contributed by atoms with van der Waals surface area (Å²) in [4.78, 5) is 4.24. The Morgan fingerprint density at radius 1 is 1.31 bits per heavy atom. The molecule has 0 aliphatic carbocycles. The molecule has 0 saturated carbocycles. The second kappa shape index (κ2) is 5.18. The molecule has 0 saturated heterocycles. The summed E-state index contributed by atoms with van der Waals surface area (Å²) < 4.78 is 0. The van der Waals surface area contributed by atoms with E-state index in [1.807, 2.05) is 29.7 Å². The molecule has 0 unspecified atom stereocenters. The average Bonchev–Trinajstić information content (AvgIpc) is 2.74. The Hall–Kier alpha value is -1.26. The smallest absolute Gasteiger partial charge is 0.180 e. The number of nitrogen functional groups attached to an aromatic ring is 1. The highest BCUT2D eigenvalue weighted by molar-refractivity contribution is 7.80. The molecule has 0 aliphatic rings. The Balaban J connectivity index is 2.22. The van der Waals surface area contributed by atoms with Gasteiger partial charge >= 0.3 is 0 Å². The molecule has 0 fully saturated rings. The lowest BCUT2D eigenvalue weighted by Crippen LogP contribution is -1.83. The number of rotatable bonds is 3. The topological polar surface area (TPSA) is 38.9 Å². The van der Waals surface area contributed by atoms with E-state index in [4.69, 9.17) is 5.73 Å². The molecule has 16 heavy (non-hydrogen) atoms. The minimum Gasteiger partial charge on any atom is -0.375 e. The van der Waals surface area contributed by atoms with Crippen LogP contribution in [0.15, 0.2) is 35.7 Å². The van der Waals surface area contributed by atoms with Crippen LogP contribution in [0.1, 0.15) is 5.56 Å². The van der Waals surface area contributed by atoms with Gasteiger partial charge in [-0.05, 0) is 5.56 Å². The molecular formula is C12H12N2S2. The van der Waals surface area contributed by atoms with Gasteiger partial charge in [0.15, 0.2) is 5.13 Å². The van der Waals surface area contributed by atoms with Gasteiger partial charge in [-0.15, -0.1) is 11.3 Å². The number of hydrogen-bond acceptors (Lipinski definition) is 4. The highest BCUT2D eigenvalue weighted by Crippen LogP contribution is 2.23. The number of hydrogen-bond donors (Lipinski definition) is 2. The molecule has 2 N–H and O–H groups in total. The molecule has 1 heterocycles. The van der Waals surface area contributed by atoms with Gasteiger partial charge in [0, 0.05) is 16.7 Å². The lowest BCUT2D eigenvalue weighted by atomic mass is 10.1. The Morgan fingerprint density at radius 2 is 2.06 bits per heavy atom. The molecule has 82 valence electrons. The quantitative estimate of drug-likeness (QED) is 0.818. The van der Waals surface area contributed by atoms with Gasteiger partial charge in [-0.2, -0.15) is 12.6 Å². The van der Waals surface area contributed by atoms with Gasteiger partial charge in [0.25, 0.3) is 0 Å². The maximum absolute atomic E-state index is 5.60. The number of thiazole rings is 1. The lowest BCUT2D eigenvalue weighted by Gasteiger charge is -1.97. The van der Waals surface area contributed by atoms with Crippen molar-refractivity contribution in [1.82, 2.24) is 4.98 Å². The summed E-state index contributed by atoms with van der Waals surface area (Å²) in [6, 6.07) is 8.22. The fourth-order valence-electron chi connectivity index (χ4n) is 1.37. The fraction of sp³-hybridized carbons (Fsp3) is 0.0833. The average molecular weight is 248 g/mol. The zero-order valence-electron chi connectivity index (χ0n) is 8.63. The van der Waals surface area contributed by atoms with Gasteiger partial charge in [-0.25, -0.2) is 4.98 Å². The monoisotopic (exact) mass is 248 g/mol. The van der Waals surface area contributed by atoms with Crippen molar-refractivity contribution >= 4 is 35.2 Å². The van der Waals surface area contributed by atoms with E-state index in [1.54, 1.807) is 0 Å². The number of benzene rings is 1. The summed E-state index contributed by atoms with van der Waals surface area (Å²) in [5.74, 6) is 0.754. The molecule has 0 spiro atoms. The summed E-state index contributed by atoms with van der Waals surface area (Å²) in [6.07, 6.45) is 4.06. The summed E-state index contributed by atoms with van der Waals surface area (Å²) in [5.41, 5.74) is 8.80. The number of aromatic nitrogens is 1. The molecule has 0 amide bonds. The second-order valence-electron chi connectivity index (χ2n) is 3.28. The molecule has 4 heteroatoms. The summed E-state index contributed by atoms with van der Waals surface area (Å²) in [7, 11) is 0. The third kappa shape index (κ3) is 2.65. The molecule has 2 aromatic rings. The van der Waals surface area contributed by atoms with Crippen molar-refractivity contribution in [3.05, 3.63) is 41.3 Å². The van der Waals surface area contributed by atoms with Crippen molar-refractivity contribution in [2.45, 2.75) is 0 Å². The van der Waals surface area contributed by atoms with E-state index in [2.05, 4.69) is 29.7 Å². The van der Waals surface area contributed by atoms with Crippen LogP contribution < -0.4 is 5.73 Å². The van der Waals surface area contributed by atoms with E-state index in [1.165, 1.54) is 16.9 Å². The summed E-state index contributed by atoms with van der Waals surface area (Å²) in [6.45, 7) is 0. The Morgan fingerprint density at radius 3 is 2.62 bits per heavy atom. The first kappa shape index (κ1) is 11.2. The highest BCUT2D eigenvalue weighted by atomic mass is 32.1. The summed E-state index contributed by atoms with van der Waals surface area (Å²) >= 11 is 5.58. The van der Waals surface area contributed by atoms with Crippen molar-refractivity contribution in [3.63, 3.8) is 0 Å². The lowest BCUT2D eigenvalue weighted by molar-refractivity contribution is 1.41. The normalized spacial score (nSPS) is 11.1. The van der Waals surface area contributed by atoms with Crippen molar-refractivity contribution in [1.29, 1.82) is 0 Å². The van der Waals surface area contributed by atoms with Crippen LogP contribution in [-0.4, -0.2) is 10.7 Å². The van der Waals surface area contributed by atoms with Crippen LogP contribution >= 0.6 is 24.0 Å². The molecule has 2 rings (SSSR count). The molecule has 0 radical (unpaired) electrons. The molecule has 0 bridgehead atoms. The Bertz CT molecular complexity index is 486. The zero-order valence-corrected chi connectivity index (χ0v) is 10.3. The highest BCUT2D eigenvalue weighted by Gasteiger charge is 2.01. The first-order valence-corrected chi connectivity index (χ1v) is 6.39.